The van der Waals surface area contributed by atoms with E-state index in [1.165, 1.54) is 6.07 Å². The first kappa shape index (κ1) is 9.99. The number of halogens is 2. The largest absolute Gasteiger partial charge is 0.772 e. The Hall–Kier alpha value is -0.0900. The summed E-state index contributed by atoms with van der Waals surface area (Å²) in [4.78, 5) is 0. The summed E-state index contributed by atoms with van der Waals surface area (Å²) in [5.74, 6) is -0.0734. The van der Waals surface area contributed by atoms with Crippen molar-refractivity contribution in [3.63, 3.8) is 0 Å². The topological polar surface area (TPSA) is 40.1 Å². The Morgan fingerprint density at radius 3 is 2.58 bits per heavy atom. The molecule has 0 aliphatic rings. The number of benzene rings is 1. The Morgan fingerprint density at radius 1 is 1.42 bits per heavy atom. The van der Waals surface area contributed by atoms with Gasteiger partial charge in [0.15, 0.2) is 0 Å². The van der Waals surface area contributed by atoms with Gasteiger partial charge in [-0.05, 0) is 17.7 Å². The van der Waals surface area contributed by atoms with Gasteiger partial charge in [0.1, 0.15) is 0 Å². The van der Waals surface area contributed by atoms with E-state index in [0.29, 0.717) is 15.6 Å². The lowest BCUT2D eigenvalue weighted by atomic mass is 10.2. The molecule has 0 heterocycles. The maximum Gasteiger partial charge on any atom is 0.0461 e. The number of hydrogen-bond acceptors (Lipinski definition) is 2. The molecular weight excluding hydrogens is 219 g/mol. The molecule has 12 heavy (non-hydrogen) atoms. The molecule has 0 bridgehead atoms. The van der Waals surface area contributed by atoms with Gasteiger partial charge in [0.2, 0.25) is 0 Å². The lowest BCUT2D eigenvalue weighted by Crippen LogP contribution is -1.93. The van der Waals surface area contributed by atoms with Crippen LogP contribution < -0.4 is 0 Å². The third-order valence-electron chi connectivity index (χ3n) is 1.29. The van der Waals surface area contributed by atoms with Crippen LogP contribution in [-0.2, 0) is 16.8 Å². The van der Waals surface area contributed by atoms with Crippen LogP contribution in [-0.4, -0.2) is 8.76 Å². The lowest BCUT2D eigenvalue weighted by Gasteiger charge is -2.06. The number of hydrogen-bond donors (Lipinski definition) is 0. The van der Waals surface area contributed by atoms with Crippen LogP contribution in [0.4, 0.5) is 0 Å². The molecule has 0 spiro atoms. The zero-order valence-electron chi connectivity index (χ0n) is 5.92. The first-order valence-electron chi connectivity index (χ1n) is 3.09. The van der Waals surface area contributed by atoms with Gasteiger partial charge in [0.05, 0.1) is 0 Å². The van der Waals surface area contributed by atoms with Crippen molar-refractivity contribution >= 4 is 34.3 Å². The van der Waals surface area contributed by atoms with E-state index in [0.717, 1.165) is 0 Å². The van der Waals surface area contributed by atoms with Crippen LogP contribution >= 0.6 is 23.2 Å². The summed E-state index contributed by atoms with van der Waals surface area (Å²) in [7, 11) is 0. The van der Waals surface area contributed by atoms with Crippen LogP contribution in [0.25, 0.3) is 0 Å². The van der Waals surface area contributed by atoms with E-state index in [9.17, 15) is 8.76 Å². The quantitative estimate of drug-likeness (QED) is 0.723. The highest BCUT2D eigenvalue weighted by atomic mass is 35.5. The highest BCUT2D eigenvalue weighted by molar-refractivity contribution is 7.78. The maximum absolute atomic E-state index is 10.3. The Bertz CT molecular complexity index is 314. The van der Waals surface area contributed by atoms with Crippen LogP contribution in [0, 0.1) is 0 Å². The van der Waals surface area contributed by atoms with E-state index in [1.54, 1.807) is 12.1 Å². The van der Waals surface area contributed by atoms with Crippen LogP contribution in [0.1, 0.15) is 5.56 Å². The Balaban J connectivity index is 2.93. The van der Waals surface area contributed by atoms with E-state index in [2.05, 4.69) is 0 Å². The van der Waals surface area contributed by atoms with Gasteiger partial charge < -0.3 is 4.55 Å². The second-order valence-electron chi connectivity index (χ2n) is 2.18. The monoisotopic (exact) mass is 223 g/mol. The van der Waals surface area contributed by atoms with Crippen molar-refractivity contribution in [3.05, 3.63) is 33.8 Å². The van der Waals surface area contributed by atoms with Crippen LogP contribution in [0.2, 0.25) is 10.0 Å². The molecule has 0 radical (unpaired) electrons. The van der Waals surface area contributed by atoms with Crippen molar-refractivity contribution < 1.29 is 8.76 Å². The van der Waals surface area contributed by atoms with E-state index in [-0.39, 0.29) is 5.75 Å². The highest BCUT2D eigenvalue weighted by Crippen LogP contribution is 2.21. The molecule has 0 saturated carbocycles. The molecule has 0 amide bonds. The summed E-state index contributed by atoms with van der Waals surface area (Å²) in [6.45, 7) is 0. The van der Waals surface area contributed by atoms with Gasteiger partial charge in [-0.3, -0.25) is 4.21 Å². The molecule has 1 rings (SSSR count). The normalized spacial score (nSPS) is 12.9. The Kier molecular flexibility index (Phi) is 3.53. The van der Waals surface area contributed by atoms with Crippen molar-refractivity contribution in [1.82, 2.24) is 0 Å². The summed E-state index contributed by atoms with van der Waals surface area (Å²) < 4.78 is 20.6. The summed E-state index contributed by atoms with van der Waals surface area (Å²) in [6.07, 6.45) is 0. The van der Waals surface area contributed by atoms with Crippen molar-refractivity contribution in [1.29, 1.82) is 0 Å². The molecule has 1 atom stereocenters. The first-order valence-corrected chi connectivity index (χ1v) is 5.09. The molecule has 0 fully saturated rings. The fourth-order valence-corrected chi connectivity index (χ4v) is 1.83. The summed E-state index contributed by atoms with van der Waals surface area (Å²) >= 11 is 9.22. The minimum atomic E-state index is -2.11. The molecule has 0 aromatic heterocycles. The van der Waals surface area contributed by atoms with Gasteiger partial charge in [-0.2, -0.15) is 0 Å². The van der Waals surface area contributed by atoms with Crippen molar-refractivity contribution in [2.24, 2.45) is 0 Å². The highest BCUT2D eigenvalue weighted by Gasteiger charge is 2.00. The van der Waals surface area contributed by atoms with Gasteiger partial charge in [-0.25, -0.2) is 0 Å². The van der Waals surface area contributed by atoms with Gasteiger partial charge in [-0.15, -0.1) is 0 Å². The summed E-state index contributed by atoms with van der Waals surface area (Å²) in [5, 5.41) is 0.882. The van der Waals surface area contributed by atoms with Crippen molar-refractivity contribution in [3.8, 4) is 0 Å². The average molecular weight is 224 g/mol. The zero-order valence-corrected chi connectivity index (χ0v) is 8.25. The summed E-state index contributed by atoms with van der Waals surface area (Å²) in [5.41, 5.74) is 0.564. The fourth-order valence-electron chi connectivity index (χ4n) is 0.766. The van der Waals surface area contributed by atoms with Gasteiger partial charge >= 0.3 is 0 Å². The van der Waals surface area contributed by atoms with E-state index >= 15 is 0 Å². The first-order chi connectivity index (χ1) is 5.59. The zero-order chi connectivity index (χ0) is 9.14. The molecule has 5 heteroatoms. The molecule has 1 aromatic carbocycles. The van der Waals surface area contributed by atoms with Crippen LogP contribution in [0.15, 0.2) is 18.2 Å². The van der Waals surface area contributed by atoms with Crippen LogP contribution in [0.5, 0.6) is 0 Å². The lowest BCUT2D eigenvalue weighted by molar-refractivity contribution is 0.536. The van der Waals surface area contributed by atoms with Gasteiger partial charge in [0.25, 0.3) is 0 Å². The van der Waals surface area contributed by atoms with E-state index < -0.39 is 11.1 Å². The van der Waals surface area contributed by atoms with Gasteiger partial charge in [-0.1, -0.05) is 40.3 Å². The van der Waals surface area contributed by atoms with E-state index in [4.69, 9.17) is 23.2 Å². The molecule has 1 unspecified atom stereocenters. The van der Waals surface area contributed by atoms with Crippen molar-refractivity contribution in [2.75, 3.05) is 0 Å². The summed E-state index contributed by atoms with van der Waals surface area (Å²) in [6, 6.07) is 4.72. The second-order valence-corrected chi connectivity index (χ2v) is 3.92. The average Bonchev–Trinajstić information content (AvgIpc) is 1.94. The molecule has 0 N–H and O–H groups in total. The standard InChI is InChI=1S/C7H6Cl2O2S/c8-6-2-1-5(4-12(10)11)7(9)3-6/h1-3H,4H2,(H,10,11)/p-1. The number of rotatable bonds is 2. The van der Waals surface area contributed by atoms with Crippen molar-refractivity contribution in [2.45, 2.75) is 5.75 Å². The van der Waals surface area contributed by atoms with E-state index in [1.807, 2.05) is 0 Å². The predicted octanol–water partition coefficient (Wildman–Crippen LogP) is 2.37. The third-order valence-corrected chi connectivity index (χ3v) is 2.42. The molecule has 2 nitrogen and oxygen atoms in total. The van der Waals surface area contributed by atoms with Crippen LogP contribution in [0.3, 0.4) is 0 Å². The third kappa shape index (κ3) is 2.75. The van der Waals surface area contributed by atoms with Gasteiger partial charge in [0, 0.05) is 15.8 Å². The second kappa shape index (κ2) is 4.23. The predicted molar refractivity (Wildman–Crippen MR) is 49.1 cm³/mol. The maximum atomic E-state index is 10.3. The minimum absolute atomic E-state index is 0.0734. The smallest absolute Gasteiger partial charge is 0.0461 e. The minimum Gasteiger partial charge on any atom is -0.772 e. The Morgan fingerprint density at radius 2 is 2.08 bits per heavy atom. The molecule has 1 aromatic rings. The molecule has 0 saturated heterocycles. The molecule has 66 valence electrons. The molecule has 0 aliphatic heterocycles. The molecule has 0 aliphatic carbocycles. The molecular formula is C7H5Cl2O2S-. The fraction of sp³-hybridized carbons (Fsp3) is 0.143. The Labute approximate surface area is 82.8 Å². The SMILES string of the molecule is O=S([O-])Cc1ccc(Cl)cc1Cl.